The van der Waals surface area contributed by atoms with Gasteiger partial charge < -0.3 is 15.8 Å². The van der Waals surface area contributed by atoms with Crippen molar-refractivity contribution in [3.63, 3.8) is 0 Å². The van der Waals surface area contributed by atoms with Crippen LogP contribution in [-0.4, -0.2) is 44.8 Å². The number of morpholine rings is 1. The van der Waals surface area contributed by atoms with E-state index < -0.39 is 0 Å². The highest BCUT2D eigenvalue weighted by molar-refractivity contribution is 6.00. The molecule has 0 amide bonds. The first kappa shape index (κ1) is 19.0. The molecule has 31 heavy (non-hydrogen) atoms. The minimum absolute atomic E-state index is 0.114. The Morgan fingerprint density at radius 3 is 2.81 bits per heavy atom. The van der Waals surface area contributed by atoms with Crippen LogP contribution in [0, 0.1) is 11.3 Å². The maximum Gasteiger partial charge on any atom is 0.165 e. The van der Waals surface area contributed by atoms with Gasteiger partial charge in [0.15, 0.2) is 5.65 Å². The quantitative estimate of drug-likeness (QED) is 0.521. The monoisotopic (exact) mass is 410 g/mol. The molecule has 0 saturated carbocycles. The van der Waals surface area contributed by atoms with E-state index in [2.05, 4.69) is 36.5 Å². The number of anilines is 1. The van der Waals surface area contributed by atoms with Crippen LogP contribution in [-0.2, 0) is 4.74 Å². The second-order valence-corrected chi connectivity index (χ2v) is 7.11. The zero-order valence-corrected chi connectivity index (χ0v) is 16.5. The highest BCUT2D eigenvalue weighted by Gasteiger charge is 2.19. The molecule has 4 heterocycles. The number of nitrogens with one attached hydrogen (secondary N) is 1. The van der Waals surface area contributed by atoms with Gasteiger partial charge in [0.1, 0.15) is 23.9 Å². The molecule has 1 aliphatic rings. The molecule has 152 valence electrons. The molecule has 0 spiro atoms. The fourth-order valence-electron chi connectivity index (χ4n) is 3.61. The lowest BCUT2D eigenvalue weighted by Gasteiger charge is -2.22. The molecule has 4 aromatic rings. The van der Waals surface area contributed by atoms with Crippen LogP contribution < -0.4 is 11.1 Å². The van der Waals surface area contributed by atoms with Gasteiger partial charge in [-0.05, 0) is 41.5 Å². The Bertz CT molecular complexity index is 1290. The highest BCUT2D eigenvalue weighted by atomic mass is 16.5. The number of fused-ring (bicyclic) bond motifs is 1. The minimum atomic E-state index is -0.114. The third-order valence-electron chi connectivity index (χ3n) is 5.14. The maximum atomic E-state index is 9.30. The molecule has 3 N–H and O–H groups in total. The number of aromatic nitrogens is 5. The first-order valence-corrected chi connectivity index (χ1v) is 9.81. The van der Waals surface area contributed by atoms with Crippen LogP contribution in [0.25, 0.3) is 33.5 Å². The zero-order chi connectivity index (χ0) is 21.2. The molecule has 9 heteroatoms. The van der Waals surface area contributed by atoms with Gasteiger partial charge in [-0.25, -0.2) is 15.0 Å². The van der Waals surface area contributed by atoms with Gasteiger partial charge in [-0.2, -0.15) is 10.4 Å². The summed E-state index contributed by atoms with van der Waals surface area (Å²) in [5.74, 6) is 0.324. The van der Waals surface area contributed by atoms with Crippen LogP contribution in [0.4, 0.5) is 5.82 Å². The smallest absolute Gasteiger partial charge is 0.165 e. The fraction of sp³-hybridized carbons (Fsp3) is 0.182. The number of benzene rings is 1. The van der Waals surface area contributed by atoms with E-state index >= 15 is 0 Å². The summed E-state index contributed by atoms with van der Waals surface area (Å²) in [5, 5.41) is 21.9. The van der Waals surface area contributed by atoms with Crippen LogP contribution in [0.1, 0.15) is 17.4 Å². The number of hydrogen-bond donors (Lipinski definition) is 2. The summed E-state index contributed by atoms with van der Waals surface area (Å²) in [6.07, 6.45) is 1.27. The molecule has 1 atom stereocenters. The molecule has 9 nitrogen and oxygen atoms in total. The Hall–Kier alpha value is -4.00. The van der Waals surface area contributed by atoms with Gasteiger partial charge in [-0.3, -0.25) is 0 Å². The van der Waals surface area contributed by atoms with Crippen molar-refractivity contribution in [2.45, 2.75) is 6.10 Å². The average Bonchev–Trinajstić information content (AvgIpc) is 2.84. The number of ether oxygens (including phenoxy) is 1. The van der Waals surface area contributed by atoms with Crippen molar-refractivity contribution in [1.29, 1.82) is 5.26 Å². The minimum Gasteiger partial charge on any atom is -0.383 e. The number of rotatable bonds is 3. The molecule has 0 radical (unpaired) electrons. The second kappa shape index (κ2) is 8.02. The van der Waals surface area contributed by atoms with E-state index in [4.69, 9.17) is 10.5 Å². The SMILES string of the molecule is N#Cc1cccc(-c2cc(-c3ccc(C4CNCCO4)nn3)nc3ncnc(N)c23)c1. The number of nitrogens with zero attached hydrogens (tertiary/aromatic N) is 6. The Kier molecular flexibility index (Phi) is 4.92. The van der Waals surface area contributed by atoms with Crippen molar-refractivity contribution in [2.75, 3.05) is 25.4 Å². The summed E-state index contributed by atoms with van der Waals surface area (Å²) in [4.78, 5) is 13.1. The lowest BCUT2D eigenvalue weighted by atomic mass is 9.99. The van der Waals surface area contributed by atoms with Gasteiger partial charge in [-0.1, -0.05) is 12.1 Å². The Labute approximate surface area is 178 Å². The van der Waals surface area contributed by atoms with Crippen molar-refractivity contribution >= 4 is 16.9 Å². The van der Waals surface area contributed by atoms with E-state index in [1.807, 2.05) is 30.3 Å². The average molecular weight is 410 g/mol. The third kappa shape index (κ3) is 3.66. The summed E-state index contributed by atoms with van der Waals surface area (Å²) in [6, 6.07) is 15.1. The number of nitrogen functional groups attached to an aromatic ring is 1. The van der Waals surface area contributed by atoms with Gasteiger partial charge in [0.25, 0.3) is 0 Å². The highest BCUT2D eigenvalue weighted by Crippen LogP contribution is 2.33. The summed E-state index contributed by atoms with van der Waals surface area (Å²) in [5.41, 5.74) is 10.7. The molecule has 1 unspecified atom stereocenters. The van der Waals surface area contributed by atoms with Crippen LogP contribution in [0.2, 0.25) is 0 Å². The lowest BCUT2D eigenvalue weighted by molar-refractivity contribution is 0.0245. The Balaban J connectivity index is 1.62. The standard InChI is InChI=1S/C22H18N8O/c23-10-13-2-1-3-14(8-13)15-9-18(28-22-20(15)21(24)26-12-27-22)16-4-5-17(30-29-16)19-11-25-6-7-31-19/h1-5,8-9,12,19,25H,6-7,11H2,(H2,24,26,27,28). The summed E-state index contributed by atoms with van der Waals surface area (Å²) in [7, 11) is 0. The van der Waals surface area contributed by atoms with Crippen molar-refractivity contribution < 1.29 is 4.74 Å². The maximum absolute atomic E-state index is 9.30. The molecule has 3 aromatic heterocycles. The Morgan fingerprint density at radius 2 is 2.03 bits per heavy atom. The predicted octanol–water partition coefficient (Wildman–Crippen LogP) is 2.26. The van der Waals surface area contributed by atoms with Crippen molar-refractivity contribution in [3.05, 3.63) is 60.0 Å². The van der Waals surface area contributed by atoms with E-state index in [0.717, 1.165) is 23.4 Å². The first-order valence-electron chi connectivity index (χ1n) is 9.81. The van der Waals surface area contributed by atoms with Crippen molar-refractivity contribution in [1.82, 2.24) is 30.5 Å². The van der Waals surface area contributed by atoms with Crippen LogP contribution in [0.3, 0.4) is 0 Å². The largest absolute Gasteiger partial charge is 0.383 e. The molecule has 1 aliphatic heterocycles. The molecule has 1 saturated heterocycles. The van der Waals surface area contributed by atoms with E-state index in [1.54, 1.807) is 12.1 Å². The van der Waals surface area contributed by atoms with E-state index in [1.165, 1.54) is 6.33 Å². The van der Waals surface area contributed by atoms with Gasteiger partial charge in [0.05, 0.1) is 35.0 Å². The van der Waals surface area contributed by atoms with Crippen LogP contribution >= 0.6 is 0 Å². The summed E-state index contributed by atoms with van der Waals surface area (Å²) in [6.45, 7) is 2.19. The molecule has 0 bridgehead atoms. The number of nitriles is 1. The van der Waals surface area contributed by atoms with Gasteiger partial charge in [0, 0.05) is 13.1 Å². The number of pyridine rings is 1. The number of nitrogens with two attached hydrogens (primary N) is 1. The summed E-state index contributed by atoms with van der Waals surface area (Å²) >= 11 is 0. The van der Waals surface area contributed by atoms with E-state index in [9.17, 15) is 5.26 Å². The molecular weight excluding hydrogens is 392 g/mol. The normalized spacial score (nSPS) is 16.2. The lowest BCUT2D eigenvalue weighted by Crippen LogP contribution is -2.33. The molecule has 0 aliphatic carbocycles. The van der Waals surface area contributed by atoms with E-state index in [0.29, 0.717) is 47.0 Å². The van der Waals surface area contributed by atoms with Crippen molar-refractivity contribution in [3.8, 4) is 28.6 Å². The summed E-state index contributed by atoms with van der Waals surface area (Å²) < 4.78 is 5.74. The predicted molar refractivity (Wildman–Crippen MR) is 114 cm³/mol. The van der Waals surface area contributed by atoms with Crippen LogP contribution in [0.5, 0.6) is 0 Å². The van der Waals surface area contributed by atoms with Gasteiger partial charge in [-0.15, -0.1) is 5.10 Å². The van der Waals surface area contributed by atoms with E-state index in [-0.39, 0.29) is 6.10 Å². The van der Waals surface area contributed by atoms with Gasteiger partial charge >= 0.3 is 0 Å². The molecular formula is C22H18N8O. The fourth-order valence-corrected chi connectivity index (χ4v) is 3.61. The van der Waals surface area contributed by atoms with Crippen molar-refractivity contribution in [2.24, 2.45) is 0 Å². The number of hydrogen-bond acceptors (Lipinski definition) is 9. The topological polar surface area (TPSA) is 136 Å². The first-order chi connectivity index (χ1) is 15.2. The molecule has 1 fully saturated rings. The molecule has 5 rings (SSSR count). The van der Waals surface area contributed by atoms with Crippen LogP contribution in [0.15, 0.2) is 48.8 Å². The third-order valence-corrected chi connectivity index (χ3v) is 5.14. The second-order valence-electron chi connectivity index (χ2n) is 7.11. The van der Waals surface area contributed by atoms with Gasteiger partial charge in [0.2, 0.25) is 0 Å². The molecule has 1 aromatic carbocycles. The zero-order valence-electron chi connectivity index (χ0n) is 16.5. The Morgan fingerprint density at radius 1 is 1.10 bits per heavy atom.